The normalized spacial score (nSPS) is 12.7. The first-order chi connectivity index (χ1) is 8.65. The molecule has 0 saturated carbocycles. The first kappa shape index (κ1) is 15.6. The molecule has 0 spiro atoms. The van der Waals surface area contributed by atoms with Gasteiger partial charge in [0.05, 0.1) is 0 Å². The van der Waals surface area contributed by atoms with Crippen LogP contribution in [0.3, 0.4) is 0 Å². The molecule has 18 heavy (non-hydrogen) atoms. The van der Waals surface area contributed by atoms with E-state index in [1.807, 2.05) is 11.8 Å². The molecule has 1 rings (SSSR count). The number of hydrogen-bond donors (Lipinski definition) is 1. The Hall–Kier alpha value is -0.470. The zero-order valence-corrected chi connectivity index (χ0v) is 13.1. The van der Waals surface area contributed by atoms with Crippen LogP contribution in [0.15, 0.2) is 18.2 Å². The van der Waals surface area contributed by atoms with E-state index in [2.05, 4.69) is 51.2 Å². The van der Waals surface area contributed by atoms with Crippen molar-refractivity contribution in [2.75, 3.05) is 12.3 Å². The lowest BCUT2D eigenvalue weighted by molar-refractivity contribution is 0.539. The highest BCUT2D eigenvalue weighted by Gasteiger charge is 2.05. The molecule has 0 aromatic heterocycles. The Morgan fingerprint density at radius 1 is 1.11 bits per heavy atom. The molecule has 0 radical (unpaired) electrons. The number of aryl methyl sites for hydroxylation is 2. The standard InChI is InChI=1S/C16H27NS/c1-5-7-17-16(6-2)12-18-11-15-9-13(3)8-14(4)10-15/h8-10,16-17H,5-7,11-12H2,1-4H3. The van der Waals surface area contributed by atoms with Crippen LogP contribution in [0.5, 0.6) is 0 Å². The quantitative estimate of drug-likeness (QED) is 0.751. The Morgan fingerprint density at radius 3 is 2.33 bits per heavy atom. The van der Waals surface area contributed by atoms with Gasteiger partial charge < -0.3 is 5.32 Å². The van der Waals surface area contributed by atoms with Crippen LogP contribution in [0.25, 0.3) is 0 Å². The fourth-order valence-corrected chi connectivity index (χ4v) is 3.30. The van der Waals surface area contributed by atoms with Gasteiger partial charge in [-0.25, -0.2) is 0 Å². The minimum absolute atomic E-state index is 0.667. The van der Waals surface area contributed by atoms with Gasteiger partial charge in [0.25, 0.3) is 0 Å². The lowest BCUT2D eigenvalue weighted by Gasteiger charge is -2.16. The zero-order valence-electron chi connectivity index (χ0n) is 12.3. The SMILES string of the molecule is CCCNC(CC)CSCc1cc(C)cc(C)c1. The molecule has 1 N–H and O–H groups in total. The molecule has 0 fully saturated rings. The lowest BCUT2D eigenvalue weighted by atomic mass is 10.1. The van der Waals surface area contributed by atoms with E-state index in [0.717, 1.165) is 12.3 Å². The minimum Gasteiger partial charge on any atom is -0.313 e. The van der Waals surface area contributed by atoms with Gasteiger partial charge in [-0.1, -0.05) is 43.2 Å². The van der Waals surface area contributed by atoms with Crippen LogP contribution in [0.1, 0.15) is 43.4 Å². The third-order valence-electron chi connectivity index (χ3n) is 3.05. The Labute approximate surface area is 117 Å². The zero-order chi connectivity index (χ0) is 13.4. The van der Waals surface area contributed by atoms with Crippen molar-refractivity contribution in [3.63, 3.8) is 0 Å². The largest absolute Gasteiger partial charge is 0.313 e. The Bertz CT molecular complexity index is 329. The van der Waals surface area contributed by atoms with Crippen LogP contribution >= 0.6 is 11.8 Å². The van der Waals surface area contributed by atoms with Crippen molar-refractivity contribution in [3.8, 4) is 0 Å². The van der Waals surface area contributed by atoms with Crippen molar-refractivity contribution in [1.82, 2.24) is 5.32 Å². The molecule has 1 atom stereocenters. The lowest BCUT2D eigenvalue weighted by Crippen LogP contribution is -2.31. The second kappa shape index (κ2) is 8.60. The van der Waals surface area contributed by atoms with E-state index >= 15 is 0 Å². The smallest absolute Gasteiger partial charge is 0.0185 e. The summed E-state index contributed by atoms with van der Waals surface area (Å²) in [6, 6.07) is 7.52. The highest BCUT2D eigenvalue weighted by molar-refractivity contribution is 7.98. The monoisotopic (exact) mass is 265 g/mol. The molecule has 1 aromatic carbocycles. The van der Waals surface area contributed by atoms with Crippen LogP contribution in [-0.2, 0) is 5.75 Å². The fourth-order valence-electron chi connectivity index (χ4n) is 2.14. The third-order valence-corrected chi connectivity index (χ3v) is 4.22. The molecule has 1 aromatic rings. The predicted octanol–water partition coefficient (Wildman–Crippen LogP) is 4.31. The summed E-state index contributed by atoms with van der Waals surface area (Å²) < 4.78 is 0. The number of thioether (sulfide) groups is 1. The number of nitrogens with one attached hydrogen (secondary N) is 1. The minimum atomic E-state index is 0.667. The van der Waals surface area contributed by atoms with Crippen LogP contribution in [0.4, 0.5) is 0 Å². The van der Waals surface area contributed by atoms with Gasteiger partial charge in [-0.2, -0.15) is 11.8 Å². The molecular weight excluding hydrogens is 238 g/mol. The number of rotatable bonds is 8. The predicted molar refractivity (Wildman–Crippen MR) is 84.5 cm³/mol. The maximum Gasteiger partial charge on any atom is 0.0185 e. The van der Waals surface area contributed by atoms with Crippen molar-refractivity contribution in [1.29, 1.82) is 0 Å². The summed E-state index contributed by atoms with van der Waals surface area (Å²) in [4.78, 5) is 0. The molecule has 1 unspecified atom stereocenters. The van der Waals surface area contributed by atoms with Crippen LogP contribution in [-0.4, -0.2) is 18.3 Å². The van der Waals surface area contributed by atoms with E-state index in [9.17, 15) is 0 Å². The van der Waals surface area contributed by atoms with E-state index < -0.39 is 0 Å². The fraction of sp³-hybridized carbons (Fsp3) is 0.625. The van der Waals surface area contributed by atoms with Crippen molar-refractivity contribution in [2.24, 2.45) is 0 Å². The van der Waals surface area contributed by atoms with Crippen molar-refractivity contribution in [3.05, 3.63) is 34.9 Å². The van der Waals surface area contributed by atoms with Gasteiger partial charge >= 0.3 is 0 Å². The maximum absolute atomic E-state index is 3.61. The van der Waals surface area contributed by atoms with Gasteiger partial charge in [-0.3, -0.25) is 0 Å². The highest BCUT2D eigenvalue weighted by Crippen LogP contribution is 2.17. The number of hydrogen-bond acceptors (Lipinski definition) is 2. The molecule has 0 heterocycles. The Morgan fingerprint density at radius 2 is 1.78 bits per heavy atom. The molecule has 0 aliphatic rings. The van der Waals surface area contributed by atoms with Gasteiger partial charge in [0.1, 0.15) is 0 Å². The molecule has 0 saturated heterocycles. The van der Waals surface area contributed by atoms with Gasteiger partial charge in [0.2, 0.25) is 0 Å². The van der Waals surface area contributed by atoms with E-state index in [1.54, 1.807) is 0 Å². The summed E-state index contributed by atoms with van der Waals surface area (Å²) in [5.74, 6) is 2.34. The molecule has 0 amide bonds. The van der Waals surface area contributed by atoms with Gasteiger partial charge in [0.15, 0.2) is 0 Å². The first-order valence-corrected chi connectivity index (χ1v) is 8.19. The topological polar surface area (TPSA) is 12.0 Å². The summed E-state index contributed by atoms with van der Waals surface area (Å²) >= 11 is 2.04. The van der Waals surface area contributed by atoms with E-state index in [0.29, 0.717) is 6.04 Å². The van der Waals surface area contributed by atoms with Crippen LogP contribution < -0.4 is 5.32 Å². The van der Waals surface area contributed by atoms with Gasteiger partial charge in [-0.15, -0.1) is 0 Å². The van der Waals surface area contributed by atoms with Crippen molar-refractivity contribution < 1.29 is 0 Å². The molecule has 0 bridgehead atoms. The first-order valence-electron chi connectivity index (χ1n) is 7.04. The Kier molecular flexibility index (Phi) is 7.45. The molecule has 1 nitrogen and oxygen atoms in total. The summed E-state index contributed by atoms with van der Waals surface area (Å²) in [5, 5.41) is 3.61. The van der Waals surface area contributed by atoms with Crippen LogP contribution in [0.2, 0.25) is 0 Å². The Balaban J connectivity index is 2.35. The number of benzene rings is 1. The van der Waals surface area contributed by atoms with Crippen molar-refractivity contribution in [2.45, 2.75) is 52.3 Å². The highest BCUT2D eigenvalue weighted by atomic mass is 32.2. The van der Waals surface area contributed by atoms with E-state index in [-0.39, 0.29) is 0 Å². The molecule has 102 valence electrons. The van der Waals surface area contributed by atoms with E-state index in [1.165, 1.54) is 35.3 Å². The third kappa shape index (κ3) is 5.92. The summed E-state index contributed by atoms with van der Waals surface area (Å²) in [6.07, 6.45) is 2.44. The van der Waals surface area contributed by atoms with Gasteiger partial charge in [-0.05, 0) is 38.8 Å². The molecule has 0 aliphatic heterocycles. The molecule has 0 aliphatic carbocycles. The molecule has 2 heteroatoms. The van der Waals surface area contributed by atoms with Crippen molar-refractivity contribution >= 4 is 11.8 Å². The summed E-state index contributed by atoms with van der Waals surface area (Å²) in [7, 11) is 0. The second-order valence-corrected chi connectivity index (χ2v) is 6.10. The maximum atomic E-state index is 3.61. The van der Waals surface area contributed by atoms with Gasteiger partial charge in [0, 0.05) is 17.5 Å². The summed E-state index contributed by atoms with van der Waals surface area (Å²) in [5.41, 5.74) is 4.21. The van der Waals surface area contributed by atoms with Crippen LogP contribution in [0, 0.1) is 13.8 Å². The average Bonchev–Trinajstić information content (AvgIpc) is 2.32. The second-order valence-electron chi connectivity index (χ2n) is 5.07. The summed E-state index contributed by atoms with van der Waals surface area (Å²) in [6.45, 7) is 9.99. The molecular formula is C16H27NS. The van der Waals surface area contributed by atoms with E-state index in [4.69, 9.17) is 0 Å². The average molecular weight is 265 g/mol.